The Balaban J connectivity index is 2.18. The molecular formula is C14H20ClNO3S. The summed E-state index contributed by atoms with van der Waals surface area (Å²) < 4.78 is 28.5. The summed E-state index contributed by atoms with van der Waals surface area (Å²) in [4.78, 5) is 0. The van der Waals surface area contributed by atoms with Gasteiger partial charge in [-0.3, -0.25) is 0 Å². The Morgan fingerprint density at radius 1 is 1.50 bits per heavy atom. The van der Waals surface area contributed by atoms with Crippen LogP contribution in [0.1, 0.15) is 24.4 Å². The molecule has 1 fully saturated rings. The Morgan fingerprint density at radius 2 is 2.25 bits per heavy atom. The van der Waals surface area contributed by atoms with Gasteiger partial charge in [0, 0.05) is 16.6 Å². The van der Waals surface area contributed by atoms with Crippen molar-refractivity contribution in [3.05, 3.63) is 28.8 Å². The predicted molar refractivity (Wildman–Crippen MR) is 81.2 cm³/mol. The van der Waals surface area contributed by atoms with E-state index in [1.54, 1.807) is 13.2 Å². The molecule has 1 aromatic carbocycles. The van der Waals surface area contributed by atoms with E-state index in [0.29, 0.717) is 10.8 Å². The fourth-order valence-corrected chi connectivity index (χ4v) is 4.83. The molecule has 6 heteroatoms. The van der Waals surface area contributed by atoms with Crippen molar-refractivity contribution in [2.24, 2.45) is 5.92 Å². The lowest BCUT2D eigenvalue weighted by Crippen LogP contribution is -2.21. The van der Waals surface area contributed by atoms with E-state index in [9.17, 15) is 8.42 Å². The van der Waals surface area contributed by atoms with Crippen molar-refractivity contribution in [2.75, 3.05) is 25.7 Å². The van der Waals surface area contributed by atoms with Gasteiger partial charge in [-0.1, -0.05) is 11.6 Å². The van der Waals surface area contributed by atoms with Gasteiger partial charge in [-0.05, 0) is 44.0 Å². The first-order valence-electron chi connectivity index (χ1n) is 6.66. The lowest BCUT2D eigenvalue weighted by atomic mass is 9.94. The zero-order valence-corrected chi connectivity index (χ0v) is 13.3. The summed E-state index contributed by atoms with van der Waals surface area (Å²) in [7, 11) is 0.654. The number of halogens is 1. The minimum atomic E-state index is -2.84. The molecule has 112 valence electrons. The molecule has 0 radical (unpaired) electrons. The molecule has 0 aliphatic carbocycles. The first kappa shape index (κ1) is 15.6. The van der Waals surface area contributed by atoms with Crippen molar-refractivity contribution >= 4 is 21.4 Å². The third-order valence-corrected chi connectivity index (χ3v) is 5.88. The van der Waals surface area contributed by atoms with Crippen LogP contribution in [0.4, 0.5) is 0 Å². The second-order valence-corrected chi connectivity index (χ2v) is 7.90. The smallest absolute Gasteiger partial charge is 0.150 e. The molecule has 1 aliphatic heterocycles. The van der Waals surface area contributed by atoms with Gasteiger partial charge in [0.05, 0.1) is 18.6 Å². The molecule has 0 aromatic heterocycles. The number of rotatable bonds is 5. The quantitative estimate of drug-likeness (QED) is 0.906. The van der Waals surface area contributed by atoms with Crippen molar-refractivity contribution in [2.45, 2.75) is 18.9 Å². The van der Waals surface area contributed by atoms with Gasteiger partial charge < -0.3 is 10.1 Å². The number of sulfone groups is 1. The molecule has 1 aromatic rings. The molecule has 0 bridgehead atoms. The Hall–Kier alpha value is -0.780. The molecular weight excluding hydrogens is 298 g/mol. The van der Waals surface area contributed by atoms with E-state index in [2.05, 4.69) is 5.32 Å². The fourth-order valence-electron chi connectivity index (χ4n) is 2.77. The van der Waals surface area contributed by atoms with Gasteiger partial charge in [-0.15, -0.1) is 0 Å². The van der Waals surface area contributed by atoms with Gasteiger partial charge in [-0.2, -0.15) is 0 Å². The van der Waals surface area contributed by atoms with E-state index >= 15 is 0 Å². The standard InChI is InChI=1S/C14H20ClNO3S/c1-16-13(7-10-5-6-20(17,18)9-10)12-8-11(15)3-4-14(12)19-2/h3-4,8,10,13,16H,5-7,9H2,1-2H3. The SMILES string of the molecule is CNC(CC1CCS(=O)(=O)C1)c1cc(Cl)ccc1OC. The highest BCUT2D eigenvalue weighted by molar-refractivity contribution is 7.91. The van der Waals surface area contributed by atoms with Crippen LogP contribution in [0, 0.1) is 5.92 Å². The van der Waals surface area contributed by atoms with Gasteiger partial charge >= 0.3 is 0 Å². The van der Waals surface area contributed by atoms with Crippen molar-refractivity contribution in [3.63, 3.8) is 0 Å². The number of benzene rings is 1. The second-order valence-electron chi connectivity index (χ2n) is 5.23. The topological polar surface area (TPSA) is 55.4 Å². The molecule has 1 saturated heterocycles. The average Bonchev–Trinajstić information content (AvgIpc) is 2.75. The first-order valence-corrected chi connectivity index (χ1v) is 8.86. The van der Waals surface area contributed by atoms with E-state index in [1.165, 1.54) is 0 Å². The lowest BCUT2D eigenvalue weighted by Gasteiger charge is -2.22. The Morgan fingerprint density at radius 3 is 2.80 bits per heavy atom. The molecule has 1 aliphatic rings. The van der Waals surface area contributed by atoms with Crippen LogP contribution in [0.5, 0.6) is 5.75 Å². The van der Waals surface area contributed by atoms with Crippen LogP contribution in [0.2, 0.25) is 5.02 Å². The first-order chi connectivity index (χ1) is 9.45. The molecule has 4 nitrogen and oxygen atoms in total. The molecule has 1 N–H and O–H groups in total. The molecule has 1 heterocycles. The third-order valence-electron chi connectivity index (χ3n) is 3.81. The van der Waals surface area contributed by atoms with Crippen LogP contribution < -0.4 is 10.1 Å². The summed E-state index contributed by atoms with van der Waals surface area (Å²) >= 11 is 6.06. The van der Waals surface area contributed by atoms with Gasteiger partial charge in [0.1, 0.15) is 5.75 Å². The number of nitrogens with one attached hydrogen (secondary N) is 1. The van der Waals surface area contributed by atoms with Crippen LogP contribution in [-0.2, 0) is 9.84 Å². The highest BCUT2D eigenvalue weighted by Gasteiger charge is 2.30. The van der Waals surface area contributed by atoms with Crippen LogP contribution in [0.25, 0.3) is 0 Å². The Bertz CT molecular complexity index is 574. The van der Waals surface area contributed by atoms with E-state index in [4.69, 9.17) is 16.3 Å². The zero-order valence-electron chi connectivity index (χ0n) is 11.7. The van der Waals surface area contributed by atoms with Crippen molar-refractivity contribution < 1.29 is 13.2 Å². The Labute approximate surface area is 125 Å². The van der Waals surface area contributed by atoms with Gasteiger partial charge in [0.25, 0.3) is 0 Å². The summed E-state index contributed by atoms with van der Waals surface area (Å²) in [5.74, 6) is 1.56. The van der Waals surface area contributed by atoms with E-state index in [1.807, 2.05) is 19.2 Å². The Kier molecular flexibility index (Phi) is 4.94. The summed E-state index contributed by atoms with van der Waals surface area (Å²) in [6.07, 6.45) is 1.51. The second kappa shape index (κ2) is 6.33. The maximum absolute atomic E-state index is 11.6. The summed E-state index contributed by atoms with van der Waals surface area (Å²) in [6.45, 7) is 0. The van der Waals surface area contributed by atoms with Crippen LogP contribution in [0.3, 0.4) is 0 Å². The summed E-state index contributed by atoms with van der Waals surface area (Å²) in [5, 5.41) is 3.89. The zero-order chi connectivity index (χ0) is 14.8. The lowest BCUT2D eigenvalue weighted by molar-refractivity contribution is 0.385. The van der Waals surface area contributed by atoms with Crippen molar-refractivity contribution in [1.82, 2.24) is 5.32 Å². The minimum Gasteiger partial charge on any atom is -0.496 e. The minimum absolute atomic E-state index is 0.0435. The van der Waals surface area contributed by atoms with E-state index < -0.39 is 9.84 Å². The predicted octanol–water partition coefficient (Wildman–Crippen LogP) is 2.43. The summed E-state index contributed by atoms with van der Waals surface area (Å²) in [6, 6.07) is 5.55. The molecule has 0 saturated carbocycles. The normalized spacial score (nSPS) is 22.6. The van der Waals surface area contributed by atoms with Crippen molar-refractivity contribution in [1.29, 1.82) is 0 Å². The monoisotopic (exact) mass is 317 g/mol. The highest BCUT2D eigenvalue weighted by atomic mass is 35.5. The molecule has 0 amide bonds. The molecule has 0 spiro atoms. The number of hydrogen-bond donors (Lipinski definition) is 1. The van der Waals surface area contributed by atoms with Gasteiger partial charge in [0.2, 0.25) is 0 Å². The molecule has 2 rings (SSSR count). The molecule has 20 heavy (non-hydrogen) atoms. The number of hydrogen-bond acceptors (Lipinski definition) is 4. The largest absolute Gasteiger partial charge is 0.496 e. The van der Waals surface area contributed by atoms with Crippen LogP contribution in [0.15, 0.2) is 18.2 Å². The highest BCUT2D eigenvalue weighted by Crippen LogP contribution is 2.34. The van der Waals surface area contributed by atoms with Crippen LogP contribution in [-0.4, -0.2) is 34.1 Å². The van der Waals surface area contributed by atoms with E-state index in [-0.39, 0.29) is 17.7 Å². The summed E-state index contributed by atoms with van der Waals surface area (Å²) in [5.41, 5.74) is 0.979. The molecule has 2 atom stereocenters. The average molecular weight is 318 g/mol. The van der Waals surface area contributed by atoms with Gasteiger partial charge in [0.15, 0.2) is 9.84 Å². The van der Waals surface area contributed by atoms with Gasteiger partial charge in [-0.25, -0.2) is 8.42 Å². The van der Waals surface area contributed by atoms with E-state index in [0.717, 1.165) is 24.2 Å². The number of methoxy groups -OCH3 is 1. The fraction of sp³-hybridized carbons (Fsp3) is 0.571. The number of ether oxygens (including phenoxy) is 1. The third kappa shape index (κ3) is 3.65. The molecule has 2 unspecified atom stereocenters. The van der Waals surface area contributed by atoms with Crippen molar-refractivity contribution in [3.8, 4) is 5.75 Å². The van der Waals surface area contributed by atoms with Crippen LogP contribution >= 0.6 is 11.6 Å². The maximum atomic E-state index is 11.6. The maximum Gasteiger partial charge on any atom is 0.150 e.